The van der Waals surface area contributed by atoms with Gasteiger partial charge in [-0.2, -0.15) is 4.98 Å². The number of benzene rings is 1. The first kappa shape index (κ1) is 13.8. The average Bonchev–Trinajstić information content (AvgIpc) is 2.47. The van der Waals surface area contributed by atoms with Crippen LogP contribution < -0.4 is 5.69 Å². The number of nitrogens with zero attached hydrogens (tertiary/aromatic N) is 3. The lowest BCUT2D eigenvalue weighted by molar-refractivity contribution is 0.841. The van der Waals surface area contributed by atoms with Crippen LogP contribution in [0.3, 0.4) is 0 Å². The van der Waals surface area contributed by atoms with E-state index in [1.165, 1.54) is 21.7 Å². The Morgan fingerprint density at radius 3 is 2.67 bits per heavy atom. The highest BCUT2D eigenvalue weighted by atomic mass is 32.2. The van der Waals surface area contributed by atoms with Crippen LogP contribution in [0.15, 0.2) is 58.6 Å². The van der Waals surface area contributed by atoms with Gasteiger partial charge in [-0.25, -0.2) is 9.78 Å². The maximum atomic E-state index is 12.0. The molecule has 1 aromatic carbocycles. The van der Waals surface area contributed by atoms with E-state index in [0.717, 1.165) is 5.56 Å². The Morgan fingerprint density at radius 1 is 1.14 bits per heavy atom. The summed E-state index contributed by atoms with van der Waals surface area (Å²) < 4.78 is 1.46. The van der Waals surface area contributed by atoms with Crippen molar-refractivity contribution >= 4 is 17.4 Å². The lowest BCUT2D eigenvalue weighted by Gasteiger charge is -2.10. The molecule has 0 aliphatic rings. The summed E-state index contributed by atoms with van der Waals surface area (Å²) in [5, 5.41) is 0.708. The summed E-state index contributed by atoms with van der Waals surface area (Å²) >= 11 is 1.50. The van der Waals surface area contributed by atoms with Crippen LogP contribution in [0.25, 0.3) is 5.65 Å². The van der Waals surface area contributed by atoms with Crippen molar-refractivity contribution in [2.45, 2.75) is 24.3 Å². The van der Waals surface area contributed by atoms with Gasteiger partial charge in [0, 0.05) is 11.4 Å². The average molecular weight is 297 g/mol. The number of thioether (sulfide) groups is 1. The summed E-state index contributed by atoms with van der Waals surface area (Å²) in [7, 11) is 0. The molecule has 2 aromatic heterocycles. The van der Waals surface area contributed by atoms with Crippen LogP contribution in [0.1, 0.15) is 23.3 Å². The number of fused-ring (bicyclic) bond motifs is 1. The van der Waals surface area contributed by atoms with Crippen molar-refractivity contribution in [2.75, 3.05) is 0 Å². The maximum absolute atomic E-state index is 12.0. The Bertz CT molecular complexity index is 830. The first-order valence-electron chi connectivity index (χ1n) is 6.72. The highest BCUT2D eigenvalue weighted by Gasteiger charge is 2.11. The van der Waals surface area contributed by atoms with E-state index < -0.39 is 0 Å². The molecule has 0 amide bonds. The summed E-state index contributed by atoms with van der Waals surface area (Å²) in [6.07, 6.45) is 1.71. The van der Waals surface area contributed by atoms with Crippen LogP contribution in [-0.4, -0.2) is 14.4 Å². The number of aromatic nitrogens is 3. The lowest BCUT2D eigenvalue weighted by atomic mass is 10.2. The van der Waals surface area contributed by atoms with Crippen molar-refractivity contribution in [3.05, 3.63) is 70.3 Å². The zero-order valence-electron chi connectivity index (χ0n) is 11.9. The van der Waals surface area contributed by atoms with Gasteiger partial charge in [-0.1, -0.05) is 42.1 Å². The molecular formula is C16H15N3OS. The molecule has 106 valence electrons. The van der Waals surface area contributed by atoms with E-state index >= 15 is 0 Å². The van der Waals surface area contributed by atoms with Crippen LogP contribution in [0, 0.1) is 6.92 Å². The third-order valence-corrected chi connectivity index (χ3v) is 4.27. The summed E-state index contributed by atoms with van der Waals surface area (Å²) in [6, 6.07) is 13.9. The molecule has 5 heteroatoms. The van der Waals surface area contributed by atoms with Gasteiger partial charge in [0.2, 0.25) is 0 Å². The Hall–Kier alpha value is -2.14. The van der Waals surface area contributed by atoms with Crippen LogP contribution in [-0.2, 0) is 0 Å². The van der Waals surface area contributed by atoms with E-state index in [4.69, 9.17) is 0 Å². The van der Waals surface area contributed by atoms with E-state index in [1.807, 2.05) is 37.3 Å². The minimum Gasteiger partial charge on any atom is -0.251 e. The SMILES string of the molecule is Cc1ccn2c(=O)nc(S[C@@H](C)c3ccccc3)nc2c1. The van der Waals surface area contributed by atoms with Gasteiger partial charge in [0.05, 0.1) is 0 Å². The molecule has 21 heavy (non-hydrogen) atoms. The zero-order chi connectivity index (χ0) is 14.8. The third-order valence-electron chi connectivity index (χ3n) is 3.25. The minimum atomic E-state index is -0.289. The van der Waals surface area contributed by atoms with Gasteiger partial charge in [0.1, 0.15) is 5.65 Å². The monoisotopic (exact) mass is 297 g/mol. The van der Waals surface area contributed by atoms with Crippen molar-refractivity contribution in [3.63, 3.8) is 0 Å². The largest absolute Gasteiger partial charge is 0.355 e. The molecule has 3 aromatic rings. The molecule has 2 heterocycles. The summed E-state index contributed by atoms with van der Waals surface area (Å²) in [4.78, 5) is 20.6. The molecule has 0 radical (unpaired) electrons. The lowest BCUT2D eigenvalue weighted by Crippen LogP contribution is -2.19. The second-order valence-corrected chi connectivity index (χ2v) is 6.20. The minimum absolute atomic E-state index is 0.192. The van der Waals surface area contributed by atoms with E-state index in [9.17, 15) is 4.79 Å². The highest BCUT2D eigenvalue weighted by Crippen LogP contribution is 2.31. The molecule has 0 saturated heterocycles. The van der Waals surface area contributed by atoms with Crippen molar-refractivity contribution in [1.29, 1.82) is 0 Å². The highest BCUT2D eigenvalue weighted by molar-refractivity contribution is 7.99. The quantitative estimate of drug-likeness (QED) is 0.696. The van der Waals surface area contributed by atoms with E-state index in [0.29, 0.717) is 10.8 Å². The predicted octanol–water partition coefficient (Wildman–Crippen LogP) is 3.25. The normalized spacial score (nSPS) is 12.5. The molecule has 0 bridgehead atoms. The number of hydrogen-bond acceptors (Lipinski definition) is 4. The number of rotatable bonds is 3. The van der Waals surface area contributed by atoms with Gasteiger partial charge in [-0.3, -0.25) is 4.40 Å². The zero-order valence-corrected chi connectivity index (χ0v) is 12.7. The summed E-state index contributed by atoms with van der Waals surface area (Å²) in [5.41, 5.74) is 2.61. The molecule has 3 rings (SSSR count). The second-order valence-electron chi connectivity index (χ2n) is 4.89. The maximum Gasteiger partial charge on any atom is 0.355 e. The topological polar surface area (TPSA) is 47.3 Å². The van der Waals surface area contributed by atoms with Crippen LogP contribution in [0.2, 0.25) is 0 Å². The molecule has 0 saturated carbocycles. The molecule has 0 aliphatic heterocycles. The van der Waals surface area contributed by atoms with Gasteiger partial charge in [-0.05, 0) is 37.1 Å². The first-order valence-corrected chi connectivity index (χ1v) is 7.60. The Labute approximate surface area is 126 Å². The van der Waals surface area contributed by atoms with E-state index in [2.05, 4.69) is 29.0 Å². The van der Waals surface area contributed by atoms with Crippen LogP contribution >= 0.6 is 11.8 Å². The fraction of sp³-hybridized carbons (Fsp3) is 0.188. The molecular weight excluding hydrogens is 282 g/mol. The van der Waals surface area contributed by atoms with Crippen LogP contribution in [0.5, 0.6) is 0 Å². The number of hydrogen-bond donors (Lipinski definition) is 0. The number of aryl methyl sites for hydroxylation is 1. The fourth-order valence-corrected chi connectivity index (χ4v) is 2.99. The van der Waals surface area contributed by atoms with Crippen molar-refractivity contribution in [2.24, 2.45) is 0 Å². The smallest absolute Gasteiger partial charge is 0.251 e. The Kier molecular flexibility index (Phi) is 3.75. The molecule has 1 atom stereocenters. The van der Waals surface area contributed by atoms with Gasteiger partial charge >= 0.3 is 5.69 Å². The van der Waals surface area contributed by atoms with Crippen molar-refractivity contribution in [3.8, 4) is 0 Å². The van der Waals surface area contributed by atoms with Crippen LogP contribution in [0.4, 0.5) is 0 Å². The second kappa shape index (κ2) is 5.69. The molecule has 0 spiro atoms. The van der Waals surface area contributed by atoms with Gasteiger partial charge in [-0.15, -0.1) is 0 Å². The predicted molar refractivity (Wildman–Crippen MR) is 84.7 cm³/mol. The summed E-state index contributed by atoms with van der Waals surface area (Å²) in [5.74, 6) is 0. The van der Waals surface area contributed by atoms with E-state index in [-0.39, 0.29) is 10.9 Å². The Morgan fingerprint density at radius 2 is 1.90 bits per heavy atom. The fourth-order valence-electron chi connectivity index (χ4n) is 2.10. The first-order chi connectivity index (χ1) is 10.1. The molecule has 0 N–H and O–H groups in total. The molecule has 4 nitrogen and oxygen atoms in total. The van der Waals surface area contributed by atoms with Crippen molar-refractivity contribution < 1.29 is 0 Å². The van der Waals surface area contributed by atoms with Gasteiger partial charge in [0.15, 0.2) is 5.16 Å². The Balaban J connectivity index is 1.96. The molecule has 0 aliphatic carbocycles. The standard InChI is InChI=1S/C16H15N3OS/c1-11-8-9-19-14(10-11)17-15(18-16(19)20)21-12(2)13-6-4-3-5-7-13/h3-10,12H,1-2H3/t12-/m0/s1. The van der Waals surface area contributed by atoms with Crippen molar-refractivity contribution in [1.82, 2.24) is 14.4 Å². The van der Waals surface area contributed by atoms with Gasteiger partial charge < -0.3 is 0 Å². The number of pyridine rings is 1. The summed E-state index contributed by atoms with van der Waals surface area (Å²) in [6.45, 7) is 4.06. The van der Waals surface area contributed by atoms with Gasteiger partial charge in [0.25, 0.3) is 0 Å². The molecule has 0 unspecified atom stereocenters. The third kappa shape index (κ3) is 2.97. The van der Waals surface area contributed by atoms with E-state index in [1.54, 1.807) is 6.20 Å². The molecule has 0 fully saturated rings.